The zero-order valence-electron chi connectivity index (χ0n) is 16.7. The van der Waals surface area contributed by atoms with Crippen molar-refractivity contribution in [2.24, 2.45) is 0 Å². The third-order valence-electron chi connectivity index (χ3n) is 3.47. The lowest BCUT2D eigenvalue weighted by Crippen LogP contribution is -2.06. The third kappa shape index (κ3) is 18.0. The van der Waals surface area contributed by atoms with Crippen molar-refractivity contribution in [3.05, 3.63) is 24.3 Å². The number of nitriles is 2. The van der Waals surface area contributed by atoms with Crippen LogP contribution in [0.3, 0.4) is 0 Å². The van der Waals surface area contributed by atoms with Crippen LogP contribution < -0.4 is 0 Å². The monoisotopic (exact) mass is 376 g/mol. The normalized spacial score (nSPS) is 9.04. The van der Waals surface area contributed by atoms with Crippen molar-refractivity contribution < 1.29 is 19.1 Å². The molecule has 0 saturated carbocycles. The molecule has 150 valence electrons. The van der Waals surface area contributed by atoms with Gasteiger partial charge in [0.15, 0.2) is 0 Å². The largest absolute Gasteiger partial charge is 0.462 e. The first-order valence-corrected chi connectivity index (χ1v) is 9.46. The van der Waals surface area contributed by atoms with E-state index in [1.165, 1.54) is 32.1 Å². The highest BCUT2D eigenvalue weighted by atomic mass is 16.5. The van der Waals surface area contributed by atoms with E-state index in [1.807, 2.05) is 6.92 Å². The van der Waals surface area contributed by atoms with E-state index in [-0.39, 0.29) is 11.1 Å². The molecule has 0 aromatic heterocycles. The number of carbonyl (C=O) groups is 2. The van der Waals surface area contributed by atoms with Crippen LogP contribution in [-0.4, -0.2) is 25.2 Å². The van der Waals surface area contributed by atoms with Gasteiger partial charge in [-0.3, -0.25) is 0 Å². The molecule has 6 nitrogen and oxygen atoms in total. The van der Waals surface area contributed by atoms with Crippen LogP contribution in [0, 0.1) is 22.7 Å². The molecule has 0 aromatic carbocycles. The van der Waals surface area contributed by atoms with E-state index < -0.39 is 11.9 Å². The van der Waals surface area contributed by atoms with Gasteiger partial charge in [-0.25, -0.2) is 9.59 Å². The molecule has 0 aromatic rings. The smallest absolute Gasteiger partial charge is 0.348 e. The summed E-state index contributed by atoms with van der Waals surface area (Å²) in [5, 5.41) is 16.6. The maximum Gasteiger partial charge on any atom is 0.348 e. The molecule has 0 fully saturated rings. The number of carbonyl (C=O) groups excluding carboxylic acids is 2. The van der Waals surface area contributed by atoms with Crippen molar-refractivity contribution in [2.75, 3.05) is 13.2 Å². The van der Waals surface area contributed by atoms with Crippen LogP contribution in [0.5, 0.6) is 0 Å². The molecule has 0 unspecified atom stereocenters. The van der Waals surface area contributed by atoms with Gasteiger partial charge < -0.3 is 9.47 Å². The molecule has 0 atom stereocenters. The first-order chi connectivity index (χ1) is 12.9. The van der Waals surface area contributed by atoms with E-state index in [1.54, 1.807) is 12.1 Å². The van der Waals surface area contributed by atoms with E-state index in [2.05, 4.69) is 24.8 Å². The van der Waals surface area contributed by atoms with Crippen molar-refractivity contribution >= 4 is 11.9 Å². The molecule has 0 saturated heterocycles. The van der Waals surface area contributed by atoms with E-state index in [4.69, 9.17) is 15.3 Å². The van der Waals surface area contributed by atoms with Crippen molar-refractivity contribution in [2.45, 2.75) is 71.6 Å². The second kappa shape index (κ2) is 19.7. The first-order valence-electron chi connectivity index (χ1n) is 9.46. The van der Waals surface area contributed by atoms with Crippen molar-refractivity contribution in [3.8, 4) is 12.1 Å². The molecule has 0 N–H and O–H groups in total. The van der Waals surface area contributed by atoms with Crippen LogP contribution in [-0.2, 0) is 19.1 Å². The molecule has 27 heavy (non-hydrogen) atoms. The van der Waals surface area contributed by atoms with Crippen LogP contribution >= 0.6 is 0 Å². The highest BCUT2D eigenvalue weighted by Crippen LogP contribution is 2.07. The summed E-state index contributed by atoms with van der Waals surface area (Å²) in [6.07, 6.45) is 10.0. The molecular formula is C21H32N2O4. The minimum atomic E-state index is -0.610. The topological polar surface area (TPSA) is 100 Å². The summed E-state index contributed by atoms with van der Waals surface area (Å²) in [7, 11) is 0. The Labute approximate surface area is 163 Å². The van der Waals surface area contributed by atoms with Crippen LogP contribution in [0.25, 0.3) is 0 Å². The van der Waals surface area contributed by atoms with Gasteiger partial charge in [0.05, 0.1) is 13.2 Å². The minimum absolute atomic E-state index is 0.122. The Morgan fingerprint density at radius 1 is 0.704 bits per heavy atom. The Kier molecular flexibility index (Phi) is 19.4. The van der Waals surface area contributed by atoms with Gasteiger partial charge in [0, 0.05) is 0 Å². The fourth-order valence-electron chi connectivity index (χ4n) is 1.80. The van der Waals surface area contributed by atoms with Gasteiger partial charge in [0.2, 0.25) is 0 Å². The van der Waals surface area contributed by atoms with Gasteiger partial charge in [0.25, 0.3) is 0 Å². The first kappa shape index (κ1) is 26.6. The van der Waals surface area contributed by atoms with Gasteiger partial charge in [0.1, 0.15) is 23.3 Å². The van der Waals surface area contributed by atoms with Crippen molar-refractivity contribution in [1.82, 2.24) is 0 Å². The Morgan fingerprint density at radius 3 is 1.48 bits per heavy atom. The van der Waals surface area contributed by atoms with E-state index in [9.17, 15) is 9.59 Å². The van der Waals surface area contributed by atoms with Crippen LogP contribution in [0.15, 0.2) is 24.3 Å². The Bertz CT molecular complexity index is 541. The summed E-state index contributed by atoms with van der Waals surface area (Å²) in [5.74, 6) is -1.20. The quantitative estimate of drug-likeness (QED) is 0.199. The fraction of sp³-hybridized carbons (Fsp3) is 0.619. The predicted octanol–water partition coefficient (Wildman–Crippen LogP) is 4.77. The molecule has 0 amide bonds. The lowest BCUT2D eigenvalue weighted by atomic mass is 10.1. The van der Waals surface area contributed by atoms with Crippen LogP contribution in [0.4, 0.5) is 0 Å². The summed E-state index contributed by atoms with van der Waals surface area (Å²) in [6.45, 7) is 11.5. The summed E-state index contributed by atoms with van der Waals surface area (Å²) >= 11 is 0. The molecule has 6 heteroatoms. The number of nitrogens with zero attached hydrogens (tertiary/aromatic N) is 2. The summed E-state index contributed by atoms with van der Waals surface area (Å²) < 4.78 is 9.54. The van der Waals surface area contributed by atoms with Crippen molar-refractivity contribution in [3.63, 3.8) is 0 Å². The minimum Gasteiger partial charge on any atom is -0.462 e. The molecule has 0 aliphatic rings. The van der Waals surface area contributed by atoms with Crippen LogP contribution in [0.1, 0.15) is 71.6 Å². The maximum absolute atomic E-state index is 11.0. The second-order valence-corrected chi connectivity index (χ2v) is 5.93. The molecule has 0 aliphatic carbocycles. The third-order valence-corrected chi connectivity index (χ3v) is 3.47. The second-order valence-electron chi connectivity index (χ2n) is 5.93. The Balaban J connectivity index is 0. The lowest BCUT2D eigenvalue weighted by molar-refractivity contribution is -0.139. The molecule has 0 rings (SSSR count). The lowest BCUT2D eigenvalue weighted by Gasteiger charge is -2.03. The predicted molar refractivity (Wildman–Crippen MR) is 104 cm³/mol. The molecule has 0 spiro atoms. The molecule has 0 bridgehead atoms. The maximum atomic E-state index is 11.0. The van der Waals surface area contributed by atoms with Gasteiger partial charge >= 0.3 is 11.9 Å². The molecule has 0 radical (unpaired) electrons. The molecular weight excluding hydrogens is 344 g/mol. The fourth-order valence-corrected chi connectivity index (χ4v) is 1.80. The highest BCUT2D eigenvalue weighted by Gasteiger charge is 2.06. The zero-order chi connectivity index (χ0) is 20.9. The Hall–Kier alpha value is -2.60. The standard InChI is InChI=1S/C13H21NO2.C8H11NO2/c1-3-4-5-6-7-8-9-10-16-13(15)12(2)11-14;1-3-4-5-11-8(10)7(2)6-9/h2-10H2,1H3;2-5H2,1H3. The van der Waals surface area contributed by atoms with E-state index in [0.29, 0.717) is 13.2 Å². The molecule has 0 aliphatic heterocycles. The van der Waals surface area contributed by atoms with E-state index in [0.717, 1.165) is 25.7 Å². The van der Waals surface area contributed by atoms with E-state index >= 15 is 0 Å². The SMILES string of the molecule is C=C(C#N)C(=O)OCCCC.C=C(C#N)C(=O)OCCCCCCCCC. The highest BCUT2D eigenvalue weighted by molar-refractivity contribution is 5.92. The summed E-state index contributed by atoms with van der Waals surface area (Å²) in [4.78, 5) is 21.7. The van der Waals surface area contributed by atoms with Crippen molar-refractivity contribution in [1.29, 1.82) is 10.5 Å². The average Bonchev–Trinajstić information content (AvgIpc) is 2.69. The van der Waals surface area contributed by atoms with Gasteiger partial charge in [-0.1, -0.05) is 72.0 Å². The number of esters is 2. The van der Waals surface area contributed by atoms with Crippen LogP contribution in [0.2, 0.25) is 0 Å². The van der Waals surface area contributed by atoms with Gasteiger partial charge in [-0.2, -0.15) is 10.5 Å². The number of rotatable bonds is 13. The average molecular weight is 376 g/mol. The zero-order valence-corrected chi connectivity index (χ0v) is 16.7. The summed E-state index contributed by atoms with van der Waals surface area (Å²) in [5.41, 5.74) is -0.260. The van der Waals surface area contributed by atoms with Gasteiger partial charge in [-0.15, -0.1) is 0 Å². The summed E-state index contributed by atoms with van der Waals surface area (Å²) in [6, 6.07) is 3.29. The number of hydrogen-bond acceptors (Lipinski definition) is 6. The number of unbranched alkanes of at least 4 members (excludes halogenated alkanes) is 7. The number of ether oxygens (including phenoxy) is 2. The van der Waals surface area contributed by atoms with Gasteiger partial charge in [-0.05, 0) is 12.8 Å². The number of hydrogen-bond donors (Lipinski definition) is 0. The molecule has 0 heterocycles. The Morgan fingerprint density at radius 2 is 1.07 bits per heavy atom.